The van der Waals surface area contributed by atoms with Crippen molar-refractivity contribution in [1.82, 2.24) is 0 Å². The minimum absolute atomic E-state index is 0.307. The van der Waals surface area contributed by atoms with Gasteiger partial charge in [0.05, 0.1) is 0 Å². The van der Waals surface area contributed by atoms with Gasteiger partial charge in [-0.25, -0.2) is 0 Å². The van der Waals surface area contributed by atoms with Crippen LogP contribution in [0.1, 0.15) is 38.2 Å². The number of thioether (sulfide) groups is 1. The quantitative estimate of drug-likeness (QED) is 0.628. The second-order valence-electron chi connectivity index (χ2n) is 4.10. The Hall–Kier alpha value is -1.02. The number of unbranched alkanes of at least 4 members (excludes halogenated alkanes) is 2. The first-order valence-electron chi connectivity index (χ1n) is 6.11. The molecule has 0 unspecified atom stereocenters. The van der Waals surface area contributed by atoms with Gasteiger partial charge in [-0.05, 0) is 42.6 Å². The Bertz CT molecular complexity index is 343. The number of carbonyl (C=O) groups excluding carboxylic acids is 1. The van der Waals surface area contributed by atoms with E-state index < -0.39 is 0 Å². The second kappa shape index (κ2) is 9.06. The van der Waals surface area contributed by atoms with Crippen LogP contribution in [-0.2, 0) is 4.79 Å². The van der Waals surface area contributed by atoms with Crippen LogP contribution in [0.3, 0.4) is 0 Å². The predicted molar refractivity (Wildman–Crippen MR) is 77.1 cm³/mol. The third kappa shape index (κ3) is 7.81. The molecule has 1 nitrogen and oxygen atoms in total. The largest absolute Gasteiger partial charge is 0.300 e. The number of rotatable bonds is 8. The average Bonchev–Trinajstić information content (AvgIpc) is 2.33. The fraction of sp³-hybridized carbons (Fsp3) is 0.400. The van der Waals surface area contributed by atoms with E-state index in [1.54, 1.807) is 6.92 Å². The molecule has 0 saturated carbocycles. The maximum atomic E-state index is 10.7. The Balaban J connectivity index is 2.01. The molecule has 0 aliphatic heterocycles. The van der Waals surface area contributed by atoms with Gasteiger partial charge in [0.25, 0.3) is 0 Å². The molecule has 92 valence electrons. The zero-order chi connectivity index (χ0) is 12.3. The van der Waals surface area contributed by atoms with E-state index in [0.717, 1.165) is 25.0 Å². The fourth-order valence-electron chi connectivity index (χ4n) is 1.49. The normalized spacial score (nSPS) is 10.9. The highest BCUT2D eigenvalue weighted by Crippen LogP contribution is 2.11. The SMILES string of the molecule is CC(=O)CCCCCS/C=C\c1ccccc1. The van der Waals surface area contributed by atoms with Gasteiger partial charge in [0.2, 0.25) is 0 Å². The molecule has 1 rings (SSSR count). The molecule has 1 aromatic carbocycles. The third-order valence-corrected chi connectivity index (χ3v) is 3.30. The molecule has 0 fully saturated rings. The van der Waals surface area contributed by atoms with Crippen molar-refractivity contribution in [3.8, 4) is 0 Å². The van der Waals surface area contributed by atoms with E-state index >= 15 is 0 Å². The number of carbonyl (C=O) groups is 1. The molecule has 0 aliphatic carbocycles. The summed E-state index contributed by atoms with van der Waals surface area (Å²) in [6, 6.07) is 10.3. The minimum atomic E-state index is 0.307. The summed E-state index contributed by atoms with van der Waals surface area (Å²) in [7, 11) is 0. The molecular weight excluding hydrogens is 228 g/mol. The Kier molecular flexibility index (Phi) is 7.48. The van der Waals surface area contributed by atoms with Gasteiger partial charge in [-0.15, -0.1) is 11.8 Å². The Morgan fingerprint density at radius 1 is 1.18 bits per heavy atom. The number of benzene rings is 1. The second-order valence-corrected chi connectivity index (χ2v) is 5.11. The van der Waals surface area contributed by atoms with Gasteiger partial charge >= 0.3 is 0 Å². The summed E-state index contributed by atoms with van der Waals surface area (Å²) in [5.74, 6) is 1.45. The first-order chi connectivity index (χ1) is 8.29. The monoisotopic (exact) mass is 248 g/mol. The van der Waals surface area contributed by atoms with E-state index in [9.17, 15) is 4.79 Å². The molecular formula is C15H20OS. The molecule has 0 N–H and O–H groups in total. The smallest absolute Gasteiger partial charge is 0.129 e. The van der Waals surface area contributed by atoms with Crippen LogP contribution in [0, 0.1) is 0 Å². The van der Waals surface area contributed by atoms with Crippen molar-refractivity contribution in [3.63, 3.8) is 0 Å². The maximum absolute atomic E-state index is 10.7. The molecule has 0 saturated heterocycles. The maximum Gasteiger partial charge on any atom is 0.129 e. The number of ketones is 1. The van der Waals surface area contributed by atoms with Gasteiger partial charge in [0, 0.05) is 6.42 Å². The zero-order valence-electron chi connectivity index (χ0n) is 10.4. The number of hydrogen-bond acceptors (Lipinski definition) is 2. The van der Waals surface area contributed by atoms with Gasteiger partial charge in [-0.3, -0.25) is 0 Å². The molecule has 0 atom stereocenters. The molecule has 0 bridgehead atoms. The lowest BCUT2D eigenvalue weighted by atomic mass is 10.2. The minimum Gasteiger partial charge on any atom is -0.300 e. The van der Waals surface area contributed by atoms with Crippen LogP contribution in [0.25, 0.3) is 6.08 Å². The highest BCUT2D eigenvalue weighted by atomic mass is 32.2. The van der Waals surface area contributed by atoms with E-state index in [-0.39, 0.29) is 0 Å². The van der Waals surface area contributed by atoms with Gasteiger partial charge < -0.3 is 4.79 Å². The zero-order valence-corrected chi connectivity index (χ0v) is 11.2. The molecule has 0 spiro atoms. The summed E-state index contributed by atoms with van der Waals surface area (Å²) in [6.07, 6.45) is 6.27. The first kappa shape index (κ1) is 14.0. The lowest BCUT2D eigenvalue weighted by Crippen LogP contribution is -1.89. The Labute approximate surface area is 108 Å². The topological polar surface area (TPSA) is 17.1 Å². The molecule has 17 heavy (non-hydrogen) atoms. The summed E-state index contributed by atoms with van der Waals surface area (Å²) >= 11 is 1.84. The predicted octanol–water partition coefficient (Wildman–Crippen LogP) is 4.54. The van der Waals surface area contributed by atoms with Crippen LogP contribution in [0.15, 0.2) is 35.7 Å². The summed E-state index contributed by atoms with van der Waals surface area (Å²) in [4.78, 5) is 10.7. The number of Topliss-reactive ketones (excluding diaryl/α,β-unsaturated/α-hetero) is 1. The van der Waals surface area contributed by atoms with Crippen molar-refractivity contribution in [2.45, 2.75) is 32.6 Å². The van der Waals surface area contributed by atoms with E-state index in [1.807, 2.05) is 30.0 Å². The highest BCUT2D eigenvalue weighted by Gasteiger charge is 1.93. The standard InChI is InChI=1S/C15H20OS/c1-14(16)8-4-3-7-12-17-13-11-15-9-5-2-6-10-15/h2,5-6,9-11,13H,3-4,7-8,12H2,1H3/b13-11-. The summed E-state index contributed by atoms with van der Waals surface area (Å²) < 4.78 is 0. The molecule has 2 heteroatoms. The average molecular weight is 248 g/mol. The fourth-order valence-corrected chi connectivity index (χ4v) is 2.26. The van der Waals surface area contributed by atoms with Crippen LogP contribution in [0.5, 0.6) is 0 Å². The summed E-state index contributed by atoms with van der Waals surface area (Å²) in [5.41, 5.74) is 1.25. The van der Waals surface area contributed by atoms with Gasteiger partial charge in [0.1, 0.15) is 5.78 Å². The van der Waals surface area contributed by atoms with E-state index in [1.165, 1.54) is 12.0 Å². The number of hydrogen-bond donors (Lipinski definition) is 0. The van der Waals surface area contributed by atoms with Crippen molar-refractivity contribution in [1.29, 1.82) is 0 Å². The van der Waals surface area contributed by atoms with Crippen LogP contribution in [0.2, 0.25) is 0 Å². The lowest BCUT2D eigenvalue weighted by Gasteiger charge is -1.97. The molecule has 0 radical (unpaired) electrons. The van der Waals surface area contributed by atoms with Gasteiger partial charge in [-0.2, -0.15) is 0 Å². The summed E-state index contributed by atoms with van der Waals surface area (Å²) in [6.45, 7) is 1.66. The molecule has 0 heterocycles. The Morgan fingerprint density at radius 3 is 2.65 bits per heavy atom. The van der Waals surface area contributed by atoms with Crippen molar-refractivity contribution in [2.75, 3.05) is 5.75 Å². The van der Waals surface area contributed by atoms with Crippen molar-refractivity contribution >= 4 is 23.6 Å². The molecule has 0 aliphatic rings. The highest BCUT2D eigenvalue weighted by molar-refractivity contribution is 8.02. The van der Waals surface area contributed by atoms with Gasteiger partial charge in [-0.1, -0.05) is 36.8 Å². The summed E-state index contributed by atoms with van der Waals surface area (Å²) in [5, 5.41) is 2.15. The third-order valence-electron chi connectivity index (χ3n) is 2.45. The van der Waals surface area contributed by atoms with Crippen LogP contribution >= 0.6 is 11.8 Å². The van der Waals surface area contributed by atoms with Crippen LogP contribution in [0.4, 0.5) is 0 Å². The lowest BCUT2D eigenvalue weighted by molar-refractivity contribution is -0.117. The van der Waals surface area contributed by atoms with Crippen molar-refractivity contribution in [2.24, 2.45) is 0 Å². The first-order valence-corrected chi connectivity index (χ1v) is 7.16. The van der Waals surface area contributed by atoms with E-state index in [0.29, 0.717) is 5.78 Å². The van der Waals surface area contributed by atoms with Crippen molar-refractivity contribution in [3.05, 3.63) is 41.3 Å². The van der Waals surface area contributed by atoms with E-state index in [4.69, 9.17) is 0 Å². The van der Waals surface area contributed by atoms with Crippen molar-refractivity contribution < 1.29 is 4.79 Å². The van der Waals surface area contributed by atoms with E-state index in [2.05, 4.69) is 23.6 Å². The van der Waals surface area contributed by atoms with Gasteiger partial charge in [0.15, 0.2) is 0 Å². The van der Waals surface area contributed by atoms with Crippen LogP contribution < -0.4 is 0 Å². The molecule has 0 amide bonds. The molecule has 0 aromatic heterocycles. The van der Waals surface area contributed by atoms with Crippen LogP contribution in [-0.4, -0.2) is 11.5 Å². The molecule has 1 aromatic rings. The Morgan fingerprint density at radius 2 is 1.94 bits per heavy atom.